The van der Waals surface area contributed by atoms with Gasteiger partial charge >= 0.3 is 0 Å². The molecule has 0 aliphatic carbocycles. The van der Waals surface area contributed by atoms with Crippen LogP contribution in [0.1, 0.15) is 56.7 Å². The Hall–Kier alpha value is -0.980. The van der Waals surface area contributed by atoms with Gasteiger partial charge in [0.25, 0.3) is 0 Å². The molecule has 0 saturated heterocycles. The molecule has 0 aromatic heterocycles. The van der Waals surface area contributed by atoms with Gasteiger partial charge in [0.05, 0.1) is 0 Å². The van der Waals surface area contributed by atoms with Crippen LogP contribution in [0.2, 0.25) is 0 Å². The summed E-state index contributed by atoms with van der Waals surface area (Å²) in [6.07, 6.45) is 6.80. The topological polar surface area (TPSA) is 20.2 Å². The van der Waals surface area contributed by atoms with E-state index < -0.39 is 0 Å². The van der Waals surface area contributed by atoms with Crippen molar-refractivity contribution in [1.82, 2.24) is 0 Å². The van der Waals surface area contributed by atoms with Crippen molar-refractivity contribution in [1.29, 1.82) is 0 Å². The molecule has 0 spiro atoms. The van der Waals surface area contributed by atoms with Crippen molar-refractivity contribution in [2.75, 3.05) is 0 Å². The normalized spacial score (nSPS) is 10.7. The molecule has 1 rings (SSSR count). The summed E-state index contributed by atoms with van der Waals surface area (Å²) in [7, 11) is 0. The van der Waals surface area contributed by atoms with Gasteiger partial charge in [-0.3, -0.25) is 0 Å². The Balaban J connectivity index is 2.84. The molecule has 0 atom stereocenters. The first-order chi connectivity index (χ1) is 7.72. The van der Waals surface area contributed by atoms with Crippen LogP contribution in [0.15, 0.2) is 12.1 Å². The van der Waals surface area contributed by atoms with E-state index in [1.54, 1.807) is 0 Å². The van der Waals surface area contributed by atoms with Crippen molar-refractivity contribution < 1.29 is 5.11 Å². The zero-order valence-electron chi connectivity index (χ0n) is 10.8. The molecule has 1 heteroatoms. The fourth-order valence-corrected chi connectivity index (χ4v) is 2.09. The lowest BCUT2D eigenvalue weighted by atomic mass is 9.97. The van der Waals surface area contributed by atoms with Gasteiger partial charge in [0.15, 0.2) is 0 Å². The van der Waals surface area contributed by atoms with E-state index in [-0.39, 0.29) is 0 Å². The van der Waals surface area contributed by atoms with Crippen molar-refractivity contribution in [3.63, 3.8) is 0 Å². The molecule has 1 aromatic rings. The number of hydrogen-bond acceptors (Lipinski definition) is 1. The van der Waals surface area contributed by atoms with E-state index in [2.05, 4.69) is 32.9 Å². The largest absolute Gasteiger partial charge is 0.507 e. The Morgan fingerprint density at radius 1 is 0.938 bits per heavy atom. The molecule has 0 fully saturated rings. The molecule has 0 radical (unpaired) electrons. The second kappa shape index (κ2) is 6.57. The van der Waals surface area contributed by atoms with Gasteiger partial charge in [-0.05, 0) is 42.4 Å². The van der Waals surface area contributed by atoms with Gasteiger partial charge in [-0.2, -0.15) is 0 Å². The number of aromatic hydroxyl groups is 1. The monoisotopic (exact) mass is 220 g/mol. The standard InChI is InChI=1S/C15H24O/c1-4-7-8-9-12-10-13(5-2)15(16)14(6-3)11-12/h10-11,16H,4-9H2,1-3H3. The zero-order valence-corrected chi connectivity index (χ0v) is 10.8. The van der Waals surface area contributed by atoms with Crippen molar-refractivity contribution in [3.05, 3.63) is 28.8 Å². The smallest absolute Gasteiger partial charge is 0.121 e. The van der Waals surface area contributed by atoms with Gasteiger partial charge in [0.1, 0.15) is 5.75 Å². The average Bonchev–Trinajstić information content (AvgIpc) is 2.31. The van der Waals surface area contributed by atoms with Crippen LogP contribution >= 0.6 is 0 Å². The van der Waals surface area contributed by atoms with Gasteiger partial charge in [-0.25, -0.2) is 0 Å². The number of hydrogen-bond donors (Lipinski definition) is 1. The summed E-state index contributed by atoms with van der Waals surface area (Å²) in [6, 6.07) is 4.34. The molecular weight excluding hydrogens is 196 g/mol. The molecule has 0 aliphatic heterocycles. The van der Waals surface area contributed by atoms with Crippen LogP contribution in [0.5, 0.6) is 5.75 Å². The minimum atomic E-state index is 0.518. The summed E-state index contributed by atoms with van der Waals surface area (Å²) < 4.78 is 0. The van der Waals surface area contributed by atoms with Crippen molar-refractivity contribution in [2.45, 2.75) is 59.3 Å². The Kier molecular flexibility index (Phi) is 5.37. The maximum atomic E-state index is 9.98. The van der Waals surface area contributed by atoms with E-state index in [1.165, 1.54) is 24.8 Å². The van der Waals surface area contributed by atoms with Crippen LogP contribution in [-0.2, 0) is 19.3 Å². The highest BCUT2D eigenvalue weighted by molar-refractivity contribution is 5.43. The molecule has 0 heterocycles. The highest BCUT2D eigenvalue weighted by Crippen LogP contribution is 2.26. The summed E-state index contributed by atoms with van der Waals surface area (Å²) >= 11 is 0. The Morgan fingerprint density at radius 3 is 1.94 bits per heavy atom. The minimum Gasteiger partial charge on any atom is -0.507 e. The van der Waals surface area contributed by atoms with Gasteiger partial charge < -0.3 is 5.11 Å². The van der Waals surface area contributed by atoms with Crippen molar-refractivity contribution in [3.8, 4) is 5.75 Å². The van der Waals surface area contributed by atoms with Crippen LogP contribution in [0.3, 0.4) is 0 Å². The SMILES string of the molecule is CCCCCc1cc(CC)c(O)c(CC)c1. The molecule has 0 unspecified atom stereocenters. The third-order valence-corrected chi connectivity index (χ3v) is 3.16. The quantitative estimate of drug-likeness (QED) is 0.711. The van der Waals surface area contributed by atoms with E-state index in [0.29, 0.717) is 5.75 Å². The summed E-state index contributed by atoms with van der Waals surface area (Å²) in [4.78, 5) is 0. The first-order valence-corrected chi connectivity index (χ1v) is 6.56. The van der Waals surface area contributed by atoms with Gasteiger partial charge in [-0.15, -0.1) is 0 Å². The third kappa shape index (κ3) is 3.26. The number of aryl methyl sites for hydroxylation is 3. The van der Waals surface area contributed by atoms with Crippen molar-refractivity contribution >= 4 is 0 Å². The molecule has 0 bridgehead atoms. The lowest BCUT2D eigenvalue weighted by molar-refractivity contribution is 0.462. The third-order valence-electron chi connectivity index (χ3n) is 3.16. The predicted octanol–water partition coefficient (Wildman–Crippen LogP) is 4.25. The van der Waals surface area contributed by atoms with E-state index >= 15 is 0 Å². The molecule has 90 valence electrons. The predicted molar refractivity (Wildman–Crippen MR) is 70.1 cm³/mol. The molecule has 16 heavy (non-hydrogen) atoms. The zero-order chi connectivity index (χ0) is 12.0. The number of phenolic OH excluding ortho intramolecular Hbond substituents is 1. The van der Waals surface area contributed by atoms with Crippen LogP contribution in [-0.4, -0.2) is 5.11 Å². The summed E-state index contributed by atoms with van der Waals surface area (Å²) in [5.41, 5.74) is 3.59. The maximum Gasteiger partial charge on any atom is 0.121 e. The van der Waals surface area contributed by atoms with Gasteiger partial charge in [-0.1, -0.05) is 45.7 Å². The molecule has 0 aliphatic rings. The summed E-state index contributed by atoms with van der Waals surface area (Å²) in [6.45, 7) is 6.43. The first kappa shape index (κ1) is 13.1. The number of rotatable bonds is 6. The maximum absolute atomic E-state index is 9.98. The second-order valence-electron chi connectivity index (χ2n) is 4.43. The van der Waals surface area contributed by atoms with E-state index in [4.69, 9.17) is 0 Å². The van der Waals surface area contributed by atoms with Crippen molar-refractivity contribution in [2.24, 2.45) is 0 Å². The fourth-order valence-electron chi connectivity index (χ4n) is 2.09. The molecule has 1 N–H and O–H groups in total. The average molecular weight is 220 g/mol. The molecule has 1 aromatic carbocycles. The highest BCUT2D eigenvalue weighted by atomic mass is 16.3. The first-order valence-electron chi connectivity index (χ1n) is 6.56. The highest BCUT2D eigenvalue weighted by Gasteiger charge is 2.07. The number of benzene rings is 1. The van der Waals surface area contributed by atoms with Gasteiger partial charge in [0, 0.05) is 0 Å². The van der Waals surface area contributed by atoms with E-state index in [9.17, 15) is 5.11 Å². The van der Waals surface area contributed by atoms with Crippen LogP contribution in [0.25, 0.3) is 0 Å². The Labute approximate surface area is 99.5 Å². The molecule has 0 saturated carbocycles. The van der Waals surface area contributed by atoms with E-state index in [0.717, 1.165) is 30.4 Å². The van der Waals surface area contributed by atoms with E-state index in [1.807, 2.05) is 0 Å². The Morgan fingerprint density at radius 2 is 1.50 bits per heavy atom. The summed E-state index contributed by atoms with van der Waals surface area (Å²) in [5.74, 6) is 0.518. The van der Waals surface area contributed by atoms with Crippen LogP contribution in [0.4, 0.5) is 0 Å². The number of unbranched alkanes of at least 4 members (excludes halogenated alkanes) is 2. The molecule has 1 nitrogen and oxygen atoms in total. The molecule has 0 amide bonds. The van der Waals surface area contributed by atoms with Gasteiger partial charge in [0.2, 0.25) is 0 Å². The Bertz CT molecular complexity index is 303. The summed E-state index contributed by atoms with van der Waals surface area (Å²) in [5, 5.41) is 9.98. The van der Waals surface area contributed by atoms with Crippen LogP contribution in [0, 0.1) is 0 Å². The lowest BCUT2D eigenvalue weighted by Gasteiger charge is -2.11. The van der Waals surface area contributed by atoms with Crippen LogP contribution < -0.4 is 0 Å². The fraction of sp³-hybridized carbons (Fsp3) is 0.600. The molecular formula is C15H24O. The lowest BCUT2D eigenvalue weighted by Crippen LogP contribution is -1.94. The number of phenols is 1. The second-order valence-corrected chi connectivity index (χ2v) is 4.43. The minimum absolute atomic E-state index is 0.518.